The number of rotatable bonds is 7. The van der Waals surface area contributed by atoms with Gasteiger partial charge in [-0.2, -0.15) is 0 Å². The van der Waals surface area contributed by atoms with Crippen LogP contribution in [0.25, 0.3) is 0 Å². The summed E-state index contributed by atoms with van der Waals surface area (Å²) in [6.45, 7) is 0. The molecule has 0 radical (unpaired) electrons. The molecule has 0 amide bonds. The maximum absolute atomic E-state index is 10.5. The predicted molar refractivity (Wildman–Crippen MR) is 67.2 cm³/mol. The van der Waals surface area contributed by atoms with Crippen LogP contribution in [-0.2, 0) is 11.2 Å². The first kappa shape index (κ1) is 12.7. The Bertz CT molecular complexity index is 424. The van der Waals surface area contributed by atoms with Gasteiger partial charge in [-0.25, -0.2) is 0 Å². The summed E-state index contributed by atoms with van der Waals surface area (Å²) in [6, 6.07) is 5.80. The van der Waals surface area contributed by atoms with Crippen LogP contribution in [0, 0.1) is 0 Å². The van der Waals surface area contributed by atoms with Gasteiger partial charge in [0.1, 0.15) is 0 Å². The molecule has 1 aromatic carbocycles. The van der Waals surface area contributed by atoms with Gasteiger partial charge in [0.25, 0.3) is 0 Å². The van der Waals surface area contributed by atoms with Crippen molar-refractivity contribution in [3.05, 3.63) is 23.8 Å². The standard InChI is InChI=1S/C14H18O4/c1-17-12-8-5-10(3-2-4-14(15)16)9-13(12)18-11-6-7-11/h5,8-9,11H,2-4,6-7H2,1H3,(H,15,16). The van der Waals surface area contributed by atoms with E-state index in [4.69, 9.17) is 14.6 Å². The van der Waals surface area contributed by atoms with Gasteiger partial charge in [-0.05, 0) is 43.4 Å². The predicted octanol–water partition coefficient (Wildman–Crippen LogP) is 2.64. The summed E-state index contributed by atoms with van der Waals surface area (Å²) in [4.78, 5) is 10.5. The minimum absolute atomic E-state index is 0.199. The molecule has 4 nitrogen and oxygen atoms in total. The molecule has 0 spiro atoms. The summed E-state index contributed by atoms with van der Waals surface area (Å²) in [5, 5.41) is 8.61. The van der Waals surface area contributed by atoms with E-state index >= 15 is 0 Å². The second kappa shape index (κ2) is 5.76. The monoisotopic (exact) mass is 250 g/mol. The highest BCUT2D eigenvalue weighted by Gasteiger charge is 2.24. The third-order valence-corrected chi connectivity index (χ3v) is 2.90. The highest BCUT2D eigenvalue weighted by Crippen LogP contribution is 2.34. The highest BCUT2D eigenvalue weighted by molar-refractivity contribution is 5.66. The second-order valence-corrected chi connectivity index (χ2v) is 4.55. The Kier molecular flexibility index (Phi) is 4.07. The average molecular weight is 250 g/mol. The summed E-state index contributed by atoms with van der Waals surface area (Å²) < 4.78 is 11.0. The van der Waals surface area contributed by atoms with Gasteiger partial charge in [-0.3, -0.25) is 4.79 Å². The molecule has 0 aliphatic heterocycles. The number of ether oxygens (including phenoxy) is 2. The van der Waals surface area contributed by atoms with Crippen LogP contribution in [0.5, 0.6) is 11.5 Å². The van der Waals surface area contributed by atoms with Crippen molar-refractivity contribution in [1.29, 1.82) is 0 Å². The van der Waals surface area contributed by atoms with Crippen molar-refractivity contribution in [3.8, 4) is 11.5 Å². The van der Waals surface area contributed by atoms with Crippen LogP contribution in [0.15, 0.2) is 18.2 Å². The Morgan fingerprint density at radius 1 is 1.39 bits per heavy atom. The molecule has 0 atom stereocenters. The molecule has 4 heteroatoms. The summed E-state index contributed by atoms with van der Waals surface area (Å²) in [5.74, 6) is 0.759. The van der Waals surface area contributed by atoms with Crippen molar-refractivity contribution in [2.75, 3.05) is 7.11 Å². The van der Waals surface area contributed by atoms with Crippen LogP contribution in [0.1, 0.15) is 31.2 Å². The fourth-order valence-corrected chi connectivity index (χ4v) is 1.78. The Morgan fingerprint density at radius 2 is 2.17 bits per heavy atom. The van der Waals surface area contributed by atoms with Crippen LogP contribution < -0.4 is 9.47 Å². The number of hydrogen-bond donors (Lipinski definition) is 1. The Labute approximate surface area is 107 Å². The largest absolute Gasteiger partial charge is 0.493 e. The molecule has 1 fully saturated rings. The zero-order chi connectivity index (χ0) is 13.0. The Hall–Kier alpha value is -1.71. The molecule has 1 aromatic rings. The SMILES string of the molecule is COc1ccc(CCCC(=O)O)cc1OC1CC1. The van der Waals surface area contributed by atoms with Gasteiger partial charge in [0.15, 0.2) is 11.5 Å². The molecule has 1 saturated carbocycles. The van der Waals surface area contributed by atoms with Crippen molar-refractivity contribution in [2.24, 2.45) is 0 Å². The van der Waals surface area contributed by atoms with Crippen LogP contribution in [0.2, 0.25) is 0 Å². The summed E-state index contributed by atoms with van der Waals surface area (Å²) >= 11 is 0. The molecular formula is C14H18O4. The minimum Gasteiger partial charge on any atom is -0.493 e. The summed E-state index contributed by atoms with van der Waals surface area (Å²) in [6.07, 6.45) is 4.12. The Morgan fingerprint density at radius 3 is 2.78 bits per heavy atom. The van der Waals surface area contributed by atoms with E-state index in [-0.39, 0.29) is 6.42 Å². The van der Waals surface area contributed by atoms with Crippen LogP contribution in [-0.4, -0.2) is 24.3 Å². The number of carboxylic acids is 1. The van der Waals surface area contributed by atoms with Crippen molar-refractivity contribution in [1.82, 2.24) is 0 Å². The molecule has 0 bridgehead atoms. The molecule has 1 N–H and O–H groups in total. The Balaban J connectivity index is 1.99. The van der Waals surface area contributed by atoms with Crippen molar-refractivity contribution in [3.63, 3.8) is 0 Å². The van der Waals surface area contributed by atoms with Crippen molar-refractivity contribution >= 4 is 5.97 Å². The maximum Gasteiger partial charge on any atom is 0.303 e. The first-order valence-corrected chi connectivity index (χ1v) is 6.24. The molecule has 18 heavy (non-hydrogen) atoms. The van der Waals surface area contributed by atoms with Gasteiger partial charge in [0.2, 0.25) is 0 Å². The minimum atomic E-state index is -0.752. The van der Waals surface area contributed by atoms with E-state index in [1.165, 1.54) is 0 Å². The average Bonchev–Trinajstić information content (AvgIpc) is 3.13. The third-order valence-electron chi connectivity index (χ3n) is 2.90. The lowest BCUT2D eigenvalue weighted by Crippen LogP contribution is -2.00. The number of benzene rings is 1. The molecule has 0 aromatic heterocycles. The van der Waals surface area contributed by atoms with E-state index in [1.807, 2.05) is 18.2 Å². The normalized spacial score (nSPS) is 14.3. The zero-order valence-electron chi connectivity index (χ0n) is 10.5. The number of hydrogen-bond acceptors (Lipinski definition) is 3. The fourth-order valence-electron chi connectivity index (χ4n) is 1.78. The molecule has 1 aliphatic carbocycles. The lowest BCUT2D eigenvalue weighted by molar-refractivity contribution is -0.137. The van der Waals surface area contributed by atoms with Crippen molar-refractivity contribution < 1.29 is 19.4 Å². The van der Waals surface area contributed by atoms with Crippen molar-refractivity contribution in [2.45, 2.75) is 38.2 Å². The van der Waals surface area contributed by atoms with Gasteiger partial charge in [0.05, 0.1) is 13.2 Å². The maximum atomic E-state index is 10.5. The summed E-state index contributed by atoms with van der Waals surface area (Å²) in [7, 11) is 1.62. The van der Waals surface area contributed by atoms with Gasteiger partial charge in [-0.15, -0.1) is 0 Å². The van der Waals surface area contributed by atoms with E-state index in [0.717, 1.165) is 36.3 Å². The smallest absolute Gasteiger partial charge is 0.303 e. The lowest BCUT2D eigenvalue weighted by Gasteiger charge is -2.11. The lowest BCUT2D eigenvalue weighted by atomic mass is 10.1. The molecule has 0 unspecified atom stereocenters. The fraction of sp³-hybridized carbons (Fsp3) is 0.500. The topological polar surface area (TPSA) is 55.8 Å². The number of methoxy groups -OCH3 is 1. The molecular weight excluding hydrogens is 232 g/mol. The van der Waals surface area contributed by atoms with Gasteiger partial charge in [0, 0.05) is 6.42 Å². The second-order valence-electron chi connectivity index (χ2n) is 4.55. The molecule has 0 saturated heterocycles. The number of carbonyl (C=O) groups is 1. The van der Waals surface area contributed by atoms with Gasteiger partial charge in [-0.1, -0.05) is 6.07 Å². The van der Waals surface area contributed by atoms with E-state index in [2.05, 4.69) is 0 Å². The highest BCUT2D eigenvalue weighted by atomic mass is 16.5. The first-order valence-electron chi connectivity index (χ1n) is 6.24. The number of aryl methyl sites for hydroxylation is 1. The zero-order valence-corrected chi connectivity index (χ0v) is 10.5. The quantitative estimate of drug-likeness (QED) is 0.808. The number of carboxylic acid groups (broad SMARTS) is 1. The van der Waals surface area contributed by atoms with Crippen LogP contribution in [0.3, 0.4) is 0 Å². The van der Waals surface area contributed by atoms with E-state index in [9.17, 15) is 4.79 Å². The first-order chi connectivity index (χ1) is 8.69. The third kappa shape index (κ3) is 3.65. The van der Waals surface area contributed by atoms with E-state index < -0.39 is 5.97 Å². The van der Waals surface area contributed by atoms with Crippen LogP contribution in [0.4, 0.5) is 0 Å². The molecule has 0 heterocycles. The van der Waals surface area contributed by atoms with E-state index in [1.54, 1.807) is 7.11 Å². The summed E-state index contributed by atoms with van der Waals surface area (Å²) in [5.41, 5.74) is 1.09. The van der Waals surface area contributed by atoms with Crippen LogP contribution >= 0.6 is 0 Å². The molecule has 98 valence electrons. The number of aliphatic carboxylic acids is 1. The van der Waals surface area contributed by atoms with E-state index in [0.29, 0.717) is 12.5 Å². The van der Waals surface area contributed by atoms with Gasteiger partial charge < -0.3 is 14.6 Å². The molecule has 1 aliphatic rings. The molecule has 2 rings (SSSR count). The van der Waals surface area contributed by atoms with Gasteiger partial charge >= 0.3 is 5.97 Å².